The Morgan fingerprint density at radius 3 is 2.79 bits per heavy atom. The molecule has 2 aromatic rings. The minimum Gasteiger partial charge on any atom is -0.488 e. The number of ether oxygens (including phenoxy) is 1. The lowest BCUT2D eigenvalue weighted by atomic mass is 10.1. The topological polar surface area (TPSA) is 78.1 Å². The van der Waals surface area contributed by atoms with E-state index in [-0.39, 0.29) is 11.4 Å². The van der Waals surface area contributed by atoms with Crippen molar-refractivity contribution in [3.8, 4) is 5.75 Å². The first-order chi connectivity index (χ1) is 13.9. The van der Waals surface area contributed by atoms with Crippen molar-refractivity contribution in [1.82, 2.24) is 5.01 Å². The zero-order valence-electron chi connectivity index (χ0n) is 15.8. The lowest BCUT2D eigenvalue weighted by Gasteiger charge is -2.20. The molecule has 2 aliphatic heterocycles. The summed E-state index contributed by atoms with van der Waals surface area (Å²) in [4.78, 5) is 16.4. The van der Waals surface area contributed by atoms with E-state index >= 15 is 0 Å². The molecule has 146 valence electrons. The molecule has 0 bridgehead atoms. The third-order valence-electron chi connectivity index (χ3n) is 4.47. The van der Waals surface area contributed by atoms with Gasteiger partial charge in [-0.1, -0.05) is 30.3 Å². The van der Waals surface area contributed by atoms with Crippen LogP contribution < -0.4 is 4.74 Å². The van der Waals surface area contributed by atoms with E-state index in [1.165, 1.54) is 22.3 Å². The lowest BCUT2D eigenvalue weighted by molar-refractivity contribution is -0.114. The van der Waals surface area contributed by atoms with Crippen LogP contribution >= 0.6 is 27.7 Å². The number of thioether (sulfide) groups is 1. The second-order valence-corrected chi connectivity index (χ2v) is 8.56. The summed E-state index contributed by atoms with van der Waals surface area (Å²) >= 11 is 4.82. The zero-order chi connectivity index (χ0) is 20.5. The number of halogens is 1. The van der Waals surface area contributed by atoms with E-state index in [1.807, 2.05) is 43.3 Å². The van der Waals surface area contributed by atoms with Crippen LogP contribution in [0.5, 0.6) is 5.75 Å². The Labute approximate surface area is 181 Å². The van der Waals surface area contributed by atoms with Gasteiger partial charge in [0.2, 0.25) is 5.17 Å². The monoisotopic (exact) mass is 468 g/mol. The average Bonchev–Trinajstić information content (AvgIpc) is 3.06. The minimum atomic E-state index is -0.436. The first kappa shape index (κ1) is 19.6. The summed E-state index contributed by atoms with van der Waals surface area (Å²) in [6.45, 7) is 4.34. The van der Waals surface area contributed by atoms with Crippen molar-refractivity contribution in [1.29, 1.82) is 5.41 Å². The van der Waals surface area contributed by atoms with Gasteiger partial charge < -0.3 is 4.74 Å². The van der Waals surface area contributed by atoms with E-state index < -0.39 is 5.91 Å². The normalized spacial score (nSPS) is 17.3. The van der Waals surface area contributed by atoms with Gasteiger partial charge in [0.15, 0.2) is 5.84 Å². The number of rotatable bonds is 4. The number of nitrogens with zero attached hydrogens (tertiary/aromatic N) is 3. The first-order valence-corrected chi connectivity index (χ1v) is 10.5. The molecule has 0 spiro atoms. The summed E-state index contributed by atoms with van der Waals surface area (Å²) in [5.41, 5.74) is 3.27. The molecule has 1 amide bonds. The molecular weight excluding hydrogens is 452 g/mol. The Hall–Kier alpha value is -2.71. The lowest BCUT2D eigenvalue weighted by Crippen LogP contribution is -2.35. The van der Waals surface area contributed by atoms with Gasteiger partial charge in [0.1, 0.15) is 12.4 Å². The fraction of sp³-hybridized carbons (Fsp3) is 0.143. The van der Waals surface area contributed by atoms with Crippen molar-refractivity contribution >= 4 is 55.7 Å². The Balaban J connectivity index is 1.54. The molecule has 2 heterocycles. The highest BCUT2D eigenvalue weighted by Crippen LogP contribution is 2.30. The van der Waals surface area contributed by atoms with E-state index in [1.54, 1.807) is 6.08 Å². The third-order valence-corrected chi connectivity index (χ3v) is 5.91. The van der Waals surface area contributed by atoms with E-state index in [0.717, 1.165) is 20.6 Å². The first-order valence-electron chi connectivity index (χ1n) is 8.86. The number of fused-ring (bicyclic) bond motifs is 1. The van der Waals surface area contributed by atoms with Gasteiger partial charge in [0.05, 0.1) is 15.1 Å². The number of benzene rings is 2. The molecular formula is C21H17BrN4O2S. The van der Waals surface area contributed by atoms with Gasteiger partial charge in [0, 0.05) is 0 Å². The summed E-state index contributed by atoms with van der Waals surface area (Å²) in [5, 5.41) is 15.1. The van der Waals surface area contributed by atoms with Crippen molar-refractivity contribution < 1.29 is 9.53 Å². The van der Waals surface area contributed by atoms with Crippen LogP contribution in [0.15, 0.2) is 62.6 Å². The summed E-state index contributed by atoms with van der Waals surface area (Å²) in [7, 11) is 0. The Morgan fingerprint density at radius 1 is 1.24 bits per heavy atom. The number of aryl methyl sites for hydroxylation is 1. The van der Waals surface area contributed by atoms with Crippen molar-refractivity contribution in [3.63, 3.8) is 0 Å². The Bertz CT molecular complexity index is 1120. The van der Waals surface area contributed by atoms with E-state index in [9.17, 15) is 4.79 Å². The van der Waals surface area contributed by atoms with E-state index in [2.05, 4.69) is 39.0 Å². The number of hydrogen-bond acceptors (Lipinski definition) is 5. The number of amides is 1. The highest BCUT2D eigenvalue weighted by molar-refractivity contribution is 9.10. The maximum Gasteiger partial charge on any atom is 0.283 e. The molecule has 0 atom stereocenters. The number of carbonyl (C=O) groups is 1. The number of carbonyl (C=O) groups excluding carboxylic acids is 1. The summed E-state index contributed by atoms with van der Waals surface area (Å²) in [6.07, 6.45) is 1.65. The van der Waals surface area contributed by atoms with Gasteiger partial charge in [-0.3, -0.25) is 10.2 Å². The Morgan fingerprint density at radius 2 is 2.03 bits per heavy atom. The minimum absolute atomic E-state index is 0.0281. The molecule has 0 saturated carbocycles. The molecule has 0 fully saturated rings. The number of hydrogen-bond donors (Lipinski definition) is 1. The van der Waals surface area contributed by atoms with Crippen LogP contribution in [-0.2, 0) is 11.4 Å². The molecule has 6 nitrogen and oxygen atoms in total. The predicted octanol–water partition coefficient (Wildman–Crippen LogP) is 4.98. The molecule has 0 saturated heterocycles. The fourth-order valence-corrected chi connectivity index (χ4v) is 4.15. The van der Waals surface area contributed by atoms with E-state index in [4.69, 9.17) is 10.1 Å². The predicted molar refractivity (Wildman–Crippen MR) is 120 cm³/mol. The van der Waals surface area contributed by atoms with Gasteiger partial charge in [-0.25, -0.2) is 0 Å². The van der Waals surface area contributed by atoms with Gasteiger partial charge in [-0.2, -0.15) is 15.1 Å². The standard InChI is InChI=1S/C21H17BrN4O2S/c1-12-5-3-4-6-15(12)11-28-18-8-7-14(10-17(18)22)9-16-19(23)26-21(24-20(16)27)29-13(2)25-26/h3-10,23H,11H2,1-2H3. The number of hydrazone groups is 1. The summed E-state index contributed by atoms with van der Waals surface area (Å²) < 4.78 is 6.70. The van der Waals surface area contributed by atoms with Gasteiger partial charge in [-0.05, 0) is 76.4 Å². The molecule has 0 radical (unpaired) electrons. The molecule has 1 N–H and O–H groups in total. The van der Waals surface area contributed by atoms with Crippen molar-refractivity contribution in [2.75, 3.05) is 0 Å². The van der Waals surface area contributed by atoms with Gasteiger partial charge >= 0.3 is 0 Å². The molecule has 0 unspecified atom stereocenters. The summed E-state index contributed by atoms with van der Waals surface area (Å²) in [5.74, 6) is 0.298. The zero-order valence-corrected chi connectivity index (χ0v) is 18.2. The van der Waals surface area contributed by atoms with Crippen LogP contribution in [0.3, 0.4) is 0 Å². The van der Waals surface area contributed by atoms with Gasteiger partial charge in [0.25, 0.3) is 5.91 Å². The maximum atomic E-state index is 12.4. The van der Waals surface area contributed by atoms with Crippen LogP contribution in [0.25, 0.3) is 6.08 Å². The molecule has 29 heavy (non-hydrogen) atoms. The van der Waals surface area contributed by atoms with Gasteiger partial charge in [-0.15, -0.1) is 0 Å². The fourth-order valence-electron chi connectivity index (χ4n) is 2.91. The van der Waals surface area contributed by atoms with Crippen molar-refractivity contribution in [2.45, 2.75) is 20.5 Å². The molecule has 2 aromatic carbocycles. The number of amidine groups is 2. The van der Waals surface area contributed by atoms with Crippen LogP contribution in [0.1, 0.15) is 23.6 Å². The molecule has 8 heteroatoms. The summed E-state index contributed by atoms with van der Waals surface area (Å²) in [6, 6.07) is 13.6. The molecule has 0 aliphatic carbocycles. The van der Waals surface area contributed by atoms with E-state index in [0.29, 0.717) is 17.5 Å². The van der Waals surface area contributed by atoms with Crippen LogP contribution in [0.4, 0.5) is 0 Å². The number of nitrogens with one attached hydrogen (secondary N) is 1. The largest absolute Gasteiger partial charge is 0.488 e. The number of aliphatic imine (C=N–C) groups is 1. The second kappa shape index (κ2) is 7.96. The quantitative estimate of drug-likeness (QED) is 0.641. The SMILES string of the molecule is CC1=NN2C(=N)C(=Cc3ccc(OCc4ccccc4C)c(Br)c3)C(=O)N=C2S1. The van der Waals surface area contributed by atoms with Crippen LogP contribution in [0, 0.1) is 12.3 Å². The molecule has 4 rings (SSSR count). The maximum absolute atomic E-state index is 12.4. The molecule has 0 aromatic heterocycles. The Kier molecular flexibility index (Phi) is 5.38. The van der Waals surface area contributed by atoms with Crippen molar-refractivity contribution in [2.24, 2.45) is 10.1 Å². The highest BCUT2D eigenvalue weighted by Gasteiger charge is 2.34. The van der Waals surface area contributed by atoms with Crippen LogP contribution in [0.2, 0.25) is 0 Å². The van der Waals surface area contributed by atoms with Crippen molar-refractivity contribution in [3.05, 3.63) is 69.2 Å². The third kappa shape index (κ3) is 4.04. The highest BCUT2D eigenvalue weighted by atomic mass is 79.9. The average molecular weight is 469 g/mol. The smallest absolute Gasteiger partial charge is 0.283 e. The second-order valence-electron chi connectivity index (χ2n) is 6.54. The molecule has 2 aliphatic rings. The van der Waals surface area contributed by atoms with Crippen LogP contribution in [-0.4, -0.2) is 27.0 Å².